The average Bonchev–Trinajstić information content (AvgIpc) is 2.06. The lowest BCUT2D eigenvalue weighted by molar-refractivity contribution is 0.381. The molecule has 0 aliphatic carbocycles. The van der Waals surface area contributed by atoms with E-state index in [0.717, 1.165) is 0 Å². The third-order valence-corrected chi connectivity index (χ3v) is 2.19. The Labute approximate surface area is 89.2 Å². The van der Waals surface area contributed by atoms with Gasteiger partial charge in [0.05, 0.1) is 7.11 Å². The topological polar surface area (TPSA) is 52.6 Å². The minimum atomic E-state index is -5.02. The summed E-state index contributed by atoms with van der Waals surface area (Å²) in [6.45, 7) is 0. The van der Waals surface area contributed by atoms with E-state index < -0.39 is 10.5 Å². The predicted molar refractivity (Wildman–Crippen MR) is 51.3 cm³/mol. The Balaban J connectivity index is 3.09. The molecule has 1 rings (SSSR count). The molecule has 0 aliphatic heterocycles. The Morgan fingerprint density at radius 3 is 2.50 bits per heavy atom. The molecule has 1 aromatic carbocycles. The number of hydrogen-bond donors (Lipinski definition) is 0. The van der Waals surface area contributed by atoms with Crippen molar-refractivity contribution in [2.75, 3.05) is 7.11 Å². The van der Waals surface area contributed by atoms with E-state index in [9.17, 15) is 12.3 Å². The van der Waals surface area contributed by atoms with Gasteiger partial charge in [-0.05, 0) is 18.2 Å². The molecule has 1 aromatic rings. The molecule has 0 amide bonds. The maximum atomic E-state index is 12.2. The zero-order chi connectivity index (χ0) is 10.8. The van der Waals surface area contributed by atoms with Gasteiger partial charge in [-0.2, -0.15) is 8.42 Å². The lowest BCUT2D eigenvalue weighted by Crippen LogP contribution is -2.02. The SMILES string of the molecule is COc1cc(Br)ccc1OS(=O)(=O)F. The minimum absolute atomic E-state index is 0.126. The van der Waals surface area contributed by atoms with Crippen molar-refractivity contribution in [1.82, 2.24) is 0 Å². The van der Waals surface area contributed by atoms with E-state index >= 15 is 0 Å². The van der Waals surface area contributed by atoms with Gasteiger partial charge in [0.2, 0.25) is 0 Å². The van der Waals surface area contributed by atoms with Crippen LogP contribution in [-0.2, 0) is 10.5 Å². The van der Waals surface area contributed by atoms with Gasteiger partial charge in [-0.3, -0.25) is 0 Å². The molecule has 0 fully saturated rings. The van der Waals surface area contributed by atoms with Gasteiger partial charge in [0.1, 0.15) is 0 Å². The first-order valence-corrected chi connectivity index (χ1v) is 5.50. The Hall–Kier alpha value is -0.820. The molecule has 14 heavy (non-hydrogen) atoms. The largest absolute Gasteiger partial charge is 0.493 e. The van der Waals surface area contributed by atoms with Gasteiger partial charge in [0.15, 0.2) is 11.5 Å². The summed E-state index contributed by atoms with van der Waals surface area (Å²) in [5, 5.41) is 0. The highest BCUT2D eigenvalue weighted by atomic mass is 79.9. The second-order valence-electron chi connectivity index (χ2n) is 2.27. The van der Waals surface area contributed by atoms with Crippen LogP contribution >= 0.6 is 15.9 Å². The zero-order valence-electron chi connectivity index (χ0n) is 7.03. The fourth-order valence-electron chi connectivity index (χ4n) is 0.818. The number of halogens is 2. The van der Waals surface area contributed by atoms with E-state index in [2.05, 4.69) is 20.1 Å². The summed E-state index contributed by atoms with van der Waals surface area (Å²) in [5.41, 5.74) is 0. The second kappa shape index (κ2) is 4.14. The van der Waals surface area contributed by atoms with Gasteiger partial charge in [-0.15, -0.1) is 0 Å². The average molecular weight is 285 g/mol. The van der Waals surface area contributed by atoms with Gasteiger partial charge in [0.25, 0.3) is 0 Å². The lowest BCUT2D eigenvalue weighted by atomic mass is 10.3. The van der Waals surface area contributed by atoms with Crippen molar-refractivity contribution in [3.8, 4) is 11.5 Å². The summed E-state index contributed by atoms with van der Waals surface area (Å²) in [7, 11) is -3.70. The molecular formula is C7H6BrFO4S. The summed E-state index contributed by atoms with van der Waals surface area (Å²) in [4.78, 5) is 0. The molecule has 0 unspecified atom stereocenters. The second-order valence-corrected chi connectivity index (χ2v) is 4.14. The predicted octanol–water partition coefficient (Wildman–Crippen LogP) is 2.05. The van der Waals surface area contributed by atoms with Gasteiger partial charge in [0, 0.05) is 4.47 Å². The Bertz CT molecular complexity index is 431. The van der Waals surface area contributed by atoms with Gasteiger partial charge in [-0.25, -0.2) is 0 Å². The summed E-state index contributed by atoms with van der Waals surface area (Å²) in [6, 6.07) is 4.24. The third kappa shape index (κ3) is 3.15. The van der Waals surface area contributed by atoms with E-state index in [1.807, 2.05) is 0 Å². The smallest absolute Gasteiger partial charge is 0.488 e. The molecule has 0 aromatic heterocycles. The van der Waals surface area contributed by atoms with Crippen molar-refractivity contribution in [3.63, 3.8) is 0 Å². The quantitative estimate of drug-likeness (QED) is 0.798. The Kier molecular flexibility index (Phi) is 3.33. The molecule has 0 saturated carbocycles. The molecule has 0 bridgehead atoms. The molecule has 0 spiro atoms. The number of methoxy groups -OCH3 is 1. The van der Waals surface area contributed by atoms with E-state index in [1.165, 1.54) is 25.3 Å². The summed E-state index contributed by atoms with van der Waals surface area (Å²) < 4.78 is 42.1. The number of hydrogen-bond acceptors (Lipinski definition) is 4. The summed E-state index contributed by atoms with van der Waals surface area (Å²) in [6.07, 6.45) is 0. The van der Waals surface area contributed by atoms with Crippen LogP contribution in [0.2, 0.25) is 0 Å². The molecule has 7 heteroatoms. The molecule has 4 nitrogen and oxygen atoms in total. The third-order valence-electron chi connectivity index (χ3n) is 1.31. The van der Waals surface area contributed by atoms with Gasteiger partial charge >= 0.3 is 10.5 Å². The first-order valence-electron chi connectivity index (χ1n) is 3.40. The van der Waals surface area contributed by atoms with E-state index in [0.29, 0.717) is 4.47 Å². The molecule has 0 saturated heterocycles. The molecule has 0 heterocycles. The normalized spacial score (nSPS) is 11.1. The minimum Gasteiger partial charge on any atom is -0.493 e. The van der Waals surface area contributed by atoms with Crippen LogP contribution in [-0.4, -0.2) is 15.5 Å². The van der Waals surface area contributed by atoms with Crippen LogP contribution in [0.15, 0.2) is 22.7 Å². The van der Waals surface area contributed by atoms with Gasteiger partial charge in [-0.1, -0.05) is 19.8 Å². The van der Waals surface area contributed by atoms with Crippen LogP contribution in [0.4, 0.5) is 3.89 Å². The van der Waals surface area contributed by atoms with Crippen molar-refractivity contribution in [2.45, 2.75) is 0 Å². The van der Waals surface area contributed by atoms with E-state index in [1.54, 1.807) is 0 Å². The number of rotatable bonds is 3. The van der Waals surface area contributed by atoms with Gasteiger partial charge < -0.3 is 8.92 Å². The molecule has 0 radical (unpaired) electrons. The highest BCUT2D eigenvalue weighted by Gasteiger charge is 2.14. The first-order chi connectivity index (χ1) is 6.42. The van der Waals surface area contributed by atoms with Crippen LogP contribution in [0.25, 0.3) is 0 Å². The maximum absolute atomic E-state index is 12.2. The van der Waals surface area contributed by atoms with Crippen LogP contribution in [0, 0.1) is 0 Å². The summed E-state index contributed by atoms with van der Waals surface area (Å²) in [5.74, 6) is -0.0706. The molecule has 0 aliphatic rings. The Morgan fingerprint density at radius 1 is 1.36 bits per heavy atom. The number of ether oxygens (including phenoxy) is 1. The maximum Gasteiger partial charge on any atom is 0.488 e. The number of benzene rings is 1. The van der Waals surface area contributed by atoms with Crippen LogP contribution in [0.1, 0.15) is 0 Å². The van der Waals surface area contributed by atoms with Crippen molar-refractivity contribution >= 4 is 26.4 Å². The highest BCUT2D eigenvalue weighted by Crippen LogP contribution is 2.31. The zero-order valence-corrected chi connectivity index (χ0v) is 9.43. The van der Waals surface area contributed by atoms with Crippen molar-refractivity contribution in [2.24, 2.45) is 0 Å². The van der Waals surface area contributed by atoms with Crippen molar-refractivity contribution in [3.05, 3.63) is 22.7 Å². The van der Waals surface area contributed by atoms with E-state index in [4.69, 9.17) is 4.74 Å². The Morgan fingerprint density at radius 2 is 2.00 bits per heavy atom. The fraction of sp³-hybridized carbons (Fsp3) is 0.143. The highest BCUT2D eigenvalue weighted by molar-refractivity contribution is 9.10. The standard InChI is InChI=1S/C7H6BrFO4S/c1-12-7-4-5(8)2-3-6(7)13-14(9,10)11/h2-4H,1H3. The molecular weight excluding hydrogens is 279 g/mol. The van der Waals surface area contributed by atoms with Crippen LogP contribution < -0.4 is 8.92 Å². The van der Waals surface area contributed by atoms with Crippen molar-refractivity contribution in [1.29, 1.82) is 0 Å². The monoisotopic (exact) mass is 284 g/mol. The van der Waals surface area contributed by atoms with Crippen LogP contribution in [0.5, 0.6) is 11.5 Å². The molecule has 0 N–H and O–H groups in total. The molecule has 0 atom stereocenters. The van der Waals surface area contributed by atoms with E-state index in [-0.39, 0.29) is 11.5 Å². The molecule has 78 valence electrons. The fourth-order valence-corrected chi connectivity index (χ4v) is 1.51. The first kappa shape index (κ1) is 11.3. The lowest BCUT2D eigenvalue weighted by Gasteiger charge is -2.06. The summed E-state index contributed by atoms with van der Waals surface area (Å²) >= 11 is 3.14. The van der Waals surface area contributed by atoms with Crippen LogP contribution in [0.3, 0.4) is 0 Å². The van der Waals surface area contributed by atoms with Crippen molar-refractivity contribution < 1.29 is 21.2 Å².